The number of carboxylic acids is 1. The van der Waals surface area contributed by atoms with E-state index in [-0.39, 0.29) is 5.82 Å². The van der Waals surface area contributed by atoms with Crippen LogP contribution in [-0.4, -0.2) is 15.6 Å². The van der Waals surface area contributed by atoms with E-state index >= 15 is 0 Å². The first-order valence-electron chi connectivity index (χ1n) is 9.44. The molecule has 1 unspecified atom stereocenters. The number of benzene rings is 3. The fraction of sp³-hybridized carbons (Fsp3) is 0.125. The predicted octanol–water partition coefficient (Wildman–Crippen LogP) is 4.74. The number of para-hydroxylation sites is 1. The third kappa shape index (κ3) is 4.20. The lowest BCUT2D eigenvalue weighted by Crippen LogP contribution is -2.28. The minimum atomic E-state index is -0.949. The van der Waals surface area contributed by atoms with Gasteiger partial charge in [-0.3, -0.25) is 10.1 Å². The maximum absolute atomic E-state index is 13.1. The summed E-state index contributed by atoms with van der Waals surface area (Å²) in [7, 11) is 0. The number of halogens is 1. The smallest absolute Gasteiger partial charge is 0.325 e. The molecule has 1 aromatic heterocycles. The zero-order valence-electron chi connectivity index (χ0n) is 15.8. The number of carbonyl (C=O) groups is 1. The Hall–Kier alpha value is -3.44. The van der Waals surface area contributed by atoms with Crippen molar-refractivity contribution >= 4 is 16.9 Å². The van der Waals surface area contributed by atoms with Gasteiger partial charge < -0.3 is 9.67 Å². The Labute approximate surface area is 168 Å². The van der Waals surface area contributed by atoms with Gasteiger partial charge in [0, 0.05) is 35.8 Å². The third-order valence-corrected chi connectivity index (χ3v) is 5.00. The van der Waals surface area contributed by atoms with Crippen molar-refractivity contribution in [3.63, 3.8) is 0 Å². The van der Waals surface area contributed by atoms with E-state index in [0.717, 1.165) is 22.0 Å². The molecule has 2 N–H and O–H groups in total. The van der Waals surface area contributed by atoms with Crippen LogP contribution in [0.3, 0.4) is 0 Å². The van der Waals surface area contributed by atoms with Crippen LogP contribution < -0.4 is 5.32 Å². The molecule has 0 saturated heterocycles. The molecule has 4 nitrogen and oxygen atoms in total. The number of nitrogens with one attached hydrogen (secondary N) is 1. The van der Waals surface area contributed by atoms with Gasteiger partial charge in [-0.25, -0.2) is 4.39 Å². The Bertz CT molecular complexity index is 1120. The average Bonchev–Trinajstić information content (AvgIpc) is 3.08. The first-order chi connectivity index (χ1) is 14.1. The van der Waals surface area contributed by atoms with Crippen molar-refractivity contribution in [3.8, 4) is 0 Å². The summed E-state index contributed by atoms with van der Waals surface area (Å²) in [6.07, 6.45) is 1.91. The molecule has 1 heterocycles. The van der Waals surface area contributed by atoms with Crippen LogP contribution in [0.15, 0.2) is 85.1 Å². The van der Waals surface area contributed by atoms with Crippen molar-refractivity contribution in [1.29, 1.82) is 0 Å². The average molecular weight is 388 g/mol. The molecule has 1 atom stereocenters. The standard InChI is InChI=1S/C24H21FN2O2/c25-19-12-10-17(11-13-19)14-26-23(24(28)29)21-16-27(15-18-6-2-1-3-7-18)22-9-5-4-8-20(21)22/h1-13,16,23,26H,14-15H2,(H,28,29). The zero-order chi connectivity index (χ0) is 20.2. The number of hydrogen-bond acceptors (Lipinski definition) is 2. The minimum Gasteiger partial charge on any atom is -0.480 e. The molecule has 5 heteroatoms. The highest BCUT2D eigenvalue weighted by molar-refractivity contribution is 5.89. The first kappa shape index (κ1) is 18.9. The monoisotopic (exact) mass is 388 g/mol. The Balaban J connectivity index is 1.66. The van der Waals surface area contributed by atoms with Crippen LogP contribution in [0.1, 0.15) is 22.7 Å². The molecule has 0 radical (unpaired) electrons. The lowest BCUT2D eigenvalue weighted by atomic mass is 10.1. The Morgan fingerprint density at radius 1 is 0.931 bits per heavy atom. The Kier molecular flexibility index (Phi) is 5.40. The summed E-state index contributed by atoms with van der Waals surface area (Å²) < 4.78 is 15.2. The van der Waals surface area contributed by atoms with Gasteiger partial charge in [0.2, 0.25) is 0 Å². The van der Waals surface area contributed by atoms with Crippen LogP contribution in [-0.2, 0) is 17.9 Å². The maximum atomic E-state index is 13.1. The highest BCUT2D eigenvalue weighted by Gasteiger charge is 2.24. The lowest BCUT2D eigenvalue weighted by molar-refractivity contribution is -0.139. The van der Waals surface area contributed by atoms with Crippen molar-refractivity contribution in [1.82, 2.24) is 9.88 Å². The van der Waals surface area contributed by atoms with Crippen molar-refractivity contribution in [2.24, 2.45) is 0 Å². The maximum Gasteiger partial charge on any atom is 0.325 e. The second-order valence-corrected chi connectivity index (χ2v) is 6.99. The van der Waals surface area contributed by atoms with E-state index in [2.05, 4.69) is 22.0 Å². The van der Waals surface area contributed by atoms with Gasteiger partial charge >= 0.3 is 5.97 Å². The molecule has 0 bridgehead atoms. The van der Waals surface area contributed by atoms with Crippen LogP contribution in [0.4, 0.5) is 4.39 Å². The molecular weight excluding hydrogens is 367 g/mol. The van der Waals surface area contributed by atoms with Gasteiger partial charge in [0.1, 0.15) is 11.9 Å². The fourth-order valence-electron chi connectivity index (χ4n) is 3.57. The molecule has 0 fully saturated rings. The number of hydrogen-bond donors (Lipinski definition) is 2. The predicted molar refractivity (Wildman–Crippen MR) is 111 cm³/mol. The quantitative estimate of drug-likeness (QED) is 0.481. The molecule has 0 aliphatic rings. The molecule has 146 valence electrons. The summed E-state index contributed by atoms with van der Waals surface area (Å²) in [5.41, 5.74) is 3.67. The Morgan fingerprint density at radius 3 is 2.34 bits per heavy atom. The zero-order valence-corrected chi connectivity index (χ0v) is 15.8. The number of aliphatic carboxylic acids is 1. The molecule has 0 spiro atoms. The van der Waals surface area contributed by atoms with Crippen molar-refractivity contribution < 1.29 is 14.3 Å². The van der Waals surface area contributed by atoms with E-state index in [1.165, 1.54) is 12.1 Å². The molecule has 0 saturated carbocycles. The highest BCUT2D eigenvalue weighted by Crippen LogP contribution is 2.28. The third-order valence-electron chi connectivity index (χ3n) is 5.00. The number of carboxylic acid groups (broad SMARTS) is 1. The van der Waals surface area contributed by atoms with E-state index < -0.39 is 12.0 Å². The van der Waals surface area contributed by atoms with Crippen LogP contribution in [0, 0.1) is 5.82 Å². The van der Waals surface area contributed by atoms with Gasteiger partial charge in [0.05, 0.1) is 0 Å². The van der Waals surface area contributed by atoms with Crippen molar-refractivity contribution in [2.75, 3.05) is 0 Å². The summed E-state index contributed by atoms with van der Waals surface area (Å²) in [4.78, 5) is 12.1. The van der Waals surface area contributed by atoms with E-state index in [4.69, 9.17) is 0 Å². The molecule has 0 aliphatic heterocycles. The van der Waals surface area contributed by atoms with Crippen LogP contribution in [0.25, 0.3) is 10.9 Å². The van der Waals surface area contributed by atoms with E-state index in [1.807, 2.05) is 48.7 Å². The van der Waals surface area contributed by atoms with Gasteiger partial charge in [-0.15, -0.1) is 0 Å². The minimum absolute atomic E-state index is 0.312. The molecule has 3 aromatic carbocycles. The first-order valence-corrected chi connectivity index (χ1v) is 9.44. The van der Waals surface area contributed by atoms with Crippen LogP contribution >= 0.6 is 0 Å². The van der Waals surface area contributed by atoms with E-state index in [0.29, 0.717) is 18.7 Å². The van der Waals surface area contributed by atoms with Crippen LogP contribution in [0.5, 0.6) is 0 Å². The SMILES string of the molecule is O=C(O)C(NCc1ccc(F)cc1)c1cn(Cc2ccccc2)c2ccccc12. The van der Waals surface area contributed by atoms with E-state index in [9.17, 15) is 14.3 Å². The number of aromatic nitrogens is 1. The van der Waals surface area contributed by atoms with Gasteiger partial charge in [-0.05, 0) is 29.3 Å². The van der Waals surface area contributed by atoms with Gasteiger partial charge in [-0.2, -0.15) is 0 Å². The Morgan fingerprint density at radius 2 is 1.62 bits per heavy atom. The number of rotatable bonds is 7. The van der Waals surface area contributed by atoms with Crippen LogP contribution in [0.2, 0.25) is 0 Å². The van der Waals surface area contributed by atoms with Crippen molar-refractivity contribution in [3.05, 3.63) is 108 Å². The number of fused-ring (bicyclic) bond motifs is 1. The molecule has 29 heavy (non-hydrogen) atoms. The van der Waals surface area contributed by atoms with E-state index in [1.54, 1.807) is 12.1 Å². The van der Waals surface area contributed by atoms with Gasteiger partial charge in [-0.1, -0.05) is 60.7 Å². The summed E-state index contributed by atoms with van der Waals surface area (Å²) in [6, 6.07) is 23.1. The molecule has 0 amide bonds. The summed E-state index contributed by atoms with van der Waals surface area (Å²) in [5.74, 6) is -1.26. The highest BCUT2D eigenvalue weighted by atomic mass is 19.1. The number of nitrogens with zero attached hydrogens (tertiary/aromatic N) is 1. The fourth-order valence-corrected chi connectivity index (χ4v) is 3.57. The second-order valence-electron chi connectivity index (χ2n) is 6.99. The topological polar surface area (TPSA) is 54.3 Å². The van der Waals surface area contributed by atoms with Gasteiger partial charge in [0.25, 0.3) is 0 Å². The summed E-state index contributed by atoms with van der Waals surface area (Å²) in [5, 5.41) is 13.9. The van der Waals surface area contributed by atoms with Crippen molar-refractivity contribution in [2.45, 2.75) is 19.1 Å². The molecule has 0 aliphatic carbocycles. The second kappa shape index (κ2) is 8.29. The molecule has 4 rings (SSSR count). The normalized spacial score (nSPS) is 12.2. The summed E-state index contributed by atoms with van der Waals surface area (Å²) in [6.45, 7) is 0.987. The summed E-state index contributed by atoms with van der Waals surface area (Å²) >= 11 is 0. The molecular formula is C24H21FN2O2. The molecule has 4 aromatic rings. The van der Waals surface area contributed by atoms with Gasteiger partial charge in [0.15, 0.2) is 0 Å². The largest absolute Gasteiger partial charge is 0.480 e. The lowest BCUT2D eigenvalue weighted by Gasteiger charge is -2.14.